The van der Waals surface area contributed by atoms with Crippen LogP contribution in [0.3, 0.4) is 0 Å². The number of rotatable bonds is 5. The Morgan fingerprint density at radius 3 is 2.81 bits per heavy atom. The van der Waals surface area contributed by atoms with E-state index in [-0.39, 0.29) is 11.9 Å². The van der Waals surface area contributed by atoms with Crippen LogP contribution in [-0.4, -0.2) is 45.4 Å². The first-order valence-corrected chi connectivity index (χ1v) is 11.6. The number of aromatic nitrogens is 4. The van der Waals surface area contributed by atoms with Gasteiger partial charge in [-0.15, -0.1) is 16.4 Å². The molecule has 4 heterocycles. The number of benzene rings is 1. The minimum absolute atomic E-state index is 0.158. The molecule has 0 spiro atoms. The van der Waals surface area contributed by atoms with Crippen molar-refractivity contribution in [2.24, 2.45) is 5.92 Å². The van der Waals surface area contributed by atoms with E-state index in [9.17, 15) is 4.79 Å². The number of nitrogen functional groups attached to an aromatic ring is 1. The lowest BCUT2D eigenvalue weighted by atomic mass is 9.98. The van der Waals surface area contributed by atoms with Gasteiger partial charge >= 0.3 is 5.97 Å². The van der Waals surface area contributed by atoms with Gasteiger partial charge in [-0.2, -0.15) is 4.98 Å². The van der Waals surface area contributed by atoms with E-state index in [1.807, 2.05) is 54.8 Å². The minimum atomic E-state index is -0.180. The molecule has 0 saturated carbocycles. The van der Waals surface area contributed by atoms with Crippen molar-refractivity contribution in [2.75, 3.05) is 30.3 Å². The normalized spacial score (nSPS) is 16.4. The van der Waals surface area contributed by atoms with E-state index in [1.165, 1.54) is 0 Å². The SMILES string of the molecule is CCOC(=O)C1CCCN(c2nc(-c3cccs3)c3c(N)n(-c4ccccc4)nc3n2)C1. The topological polar surface area (TPSA) is 99.2 Å². The van der Waals surface area contributed by atoms with Gasteiger partial charge in [0.05, 0.1) is 34.2 Å². The molecule has 8 nitrogen and oxygen atoms in total. The molecule has 0 amide bonds. The fraction of sp³-hybridized carbons (Fsp3) is 0.304. The van der Waals surface area contributed by atoms with Crippen LogP contribution in [0.4, 0.5) is 11.8 Å². The molecule has 1 aromatic carbocycles. The maximum Gasteiger partial charge on any atom is 0.310 e. The second kappa shape index (κ2) is 8.58. The Balaban J connectivity index is 1.61. The number of carbonyl (C=O) groups is 1. The van der Waals surface area contributed by atoms with Crippen molar-refractivity contribution in [3.63, 3.8) is 0 Å². The van der Waals surface area contributed by atoms with Crippen molar-refractivity contribution in [1.82, 2.24) is 19.7 Å². The van der Waals surface area contributed by atoms with E-state index in [0.717, 1.165) is 41.0 Å². The number of hydrogen-bond donors (Lipinski definition) is 1. The van der Waals surface area contributed by atoms with Gasteiger partial charge in [-0.1, -0.05) is 24.3 Å². The number of thiophene rings is 1. The maximum absolute atomic E-state index is 12.3. The summed E-state index contributed by atoms with van der Waals surface area (Å²) in [6.45, 7) is 3.52. The fourth-order valence-electron chi connectivity index (χ4n) is 4.11. The van der Waals surface area contributed by atoms with Crippen molar-refractivity contribution >= 4 is 40.1 Å². The molecule has 32 heavy (non-hydrogen) atoms. The molecule has 0 bridgehead atoms. The highest BCUT2D eigenvalue weighted by Gasteiger charge is 2.29. The molecule has 164 valence electrons. The summed E-state index contributed by atoms with van der Waals surface area (Å²) in [6, 6.07) is 13.8. The number of hydrogen-bond acceptors (Lipinski definition) is 8. The number of nitrogens with zero attached hydrogens (tertiary/aromatic N) is 5. The molecule has 3 aromatic heterocycles. The first-order valence-electron chi connectivity index (χ1n) is 10.7. The van der Waals surface area contributed by atoms with Crippen LogP contribution in [-0.2, 0) is 9.53 Å². The predicted molar refractivity (Wildman–Crippen MR) is 126 cm³/mol. The van der Waals surface area contributed by atoms with Crippen molar-refractivity contribution in [2.45, 2.75) is 19.8 Å². The van der Waals surface area contributed by atoms with Crippen LogP contribution < -0.4 is 10.6 Å². The minimum Gasteiger partial charge on any atom is -0.466 e. The Morgan fingerprint density at radius 1 is 1.22 bits per heavy atom. The van der Waals surface area contributed by atoms with Crippen molar-refractivity contribution < 1.29 is 9.53 Å². The Hall–Kier alpha value is -3.46. The van der Waals surface area contributed by atoms with Crippen molar-refractivity contribution in [1.29, 1.82) is 0 Å². The van der Waals surface area contributed by atoms with Crippen LogP contribution >= 0.6 is 11.3 Å². The summed E-state index contributed by atoms with van der Waals surface area (Å²) in [7, 11) is 0. The van der Waals surface area contributed by atoms with Crippen LogP contribution in [0.2, 0.25) is 0 Å². The third-order valence-corrected chi connectivity index (χ3v) is 6.51. The fourth-order valence-corrected chi connectivity index (χ4v) is 4.83. The third kappa shape index (κ3) is 3.69. The Morgan fingerprint density at radius 2 is 2.06 bits per heavy atom. The zero-order valence-electron chi connectivity index (χ0n) is 17.8. The van der Waals surface area contributed by atoms with E-state index in [4.69, 9.17) is 25.5 Å². The second-order valence-corrected chi connectivity index (χ2v) is 8.67. The van der Waals surface area contributed by atoms with Crippen LogP contribution in [0.25, 0.3) is 27.3 Å². The number of ether oxygens (including phenoxy) is 1. The van der Waals surface area contributed by atoms with Gasteiger partial charge in [0, 0.05) is 13.1 Å². The molecule has 9 heteroatoms. The lowest BCUT2D eigenvalue weighted by Crippen LogP contribution is -2.40. The molecular weight excluding hydrogens is 424 g/mol. The van der Waals surface area contributed by atoms with Gasteiger partial charge < -0.3 is 15.4 Å². The second-order valence-electron chi connectivity index (χ2n) is 7.72. The summed E-state index contributed by atoms with van der Waals surface area (Å²) < 4.78 is 6.96. The van der Waals surface area contributed by atoms with E-state index in [0.29, 0.717) is 30.6 Å². The number of anilines is 2. The lowest BCUT2D eigenvalue weighted by molar-refractivity contribution is -0.148. The van der Waals surface area contributed by atoms with Gasteiger partial charge in [0.1, 0.15) is 5.82 Å². The van der Waals surface area contributed by atoms with Gasteiger partial charge in [0.15, 0.2) is 5.65 Å². The summed E-state index contributed by atoms with van der Waals surface area (Å²) in [5, 5.41) is 7.47. The smallest absolute Gasteiger partial charge is 0.310 e. The zero-order valence-corrected chi connectivity index (χ0v) is 18.6. The zero-order chi connectivity index (χ0) is 22.1. The summed E-state index contributed by atoms with van der Waals surface area (Å²) >= 11 is 1.60. The number of esters is 1. The summed E-state index contributed by atoms with van der Waals surface area (Å²) in [4.78, 5) is 25.1. The highest BCUT2D eigenvalue weighted by molar-refractivity contribution is 7.13. The van der Waals surface area contributed by atoms with E-state index < -0.39 is 0 Å². The highest BCUT2D eigenvalue weighted by atomic mass is 32.1. The third-order valence-electron chi connectivity index (χ3n) is 5.64. The summed E-state index contributed by atoms with van der Waals surface area (Å²) in [5.74, 6) is 0.728. The molecule has 0 radical (unpaired) electrons. The van der Waals surface area contributed by atoms with Crippen molar-refractivity contribution in [3.05, 3.63) is 47.8 Å². The number of para-hydroxylation sites is 1. The molecule has 1 aliphatic rings. The van der Waals surface area contributed by atoms with E-state index in [2.05, 4.69) is 4.90 Å². The maximum atomic E-state index is 12.3. The summed E-state index contributed by atoms with van der Waals surface area (Å²) in [5.41, 5.74) is 8.72. The Kier molecular flexibility index (Phi) is 5.48. The molecule has 1 fully saturated rings. The van der Waals surface area contributed by atoms with Crippen LogP contribution in [0, 0.1) is 5.92 Å². The molecule has 5 rings (SSSR count). The monoisotopic (exact) mass is 448 g/mol. The number of piperidine rings is 1. The van der Waals surface area contributed by atoms with Crippen LogP contribution in [0.1, 0.15) is 19.8 Å². The summed E-state index contributed by atoms with van der Waals surface area (Å²) in [6.07, 6.45) is 1.69. The van der Waals surface area contributed by atoms with Gasteiger partial charge in [0.25, 0.3) is 0 Å². The number of nitrogens with two attached hydrogens (primary N) is 1. The highest BCUT2D eigenvalue weighted by Crippen LogP contribution is 2.36. The van der Waals surface area contributed by atoms with Gasteiger partial charge in [-0.25, -0.2) is 9.67 Å². The standard InChI is InChI=1S/C23H24N6O2S/c1-2-31-22(30)15-8-6-12-28(14-15)23-25-19(17-11-7-13-32-17)18-20(24)29(27-21(18)26-23)16-9-4-3-5-10-16/h3-5,7,9-11,13,15H,2,6,8,12,14,24H2,1H3. The molecule has 0 aliphatic carbocycles. The van der Waals surface area contributed by atoms with E-state index >= 15 is 0 Å². The first kappa shape index (κ1) is 20.4. The van der Waals surface area contributed by atoms with Gasteiger partial charge in [-0.3, -0.25) is 4.79 Å². The van der Waals surface area contributed by atoms with Crippen molar-refractivity contribution in [3.8, 4) is 16.3 Å². The van der Waals surface area contributed by atoms with Crippen LogP contribution in [0.15, 0.2) is 47.8 Å². The Labute approximate surface area is 189 Å². The molecule has 1 saturated heterocycles. The quantitative estimate of drug-likeness (QED) is 0.462. The average molecular weight is 449 g/mol. The molecule has 4 aromatic rings. The number of fused-ring (bicyclic) bond motifs is 1. The predicted octanol–water partition coefficient (Wildman–Crippen LogP) is 3.91. The largest absolute Gasteiger partial charge is 0.466 e. The van der Waals surface area contributed by atoms with Gasteiger partial charge in [-0.05, 0) is 43.3 Å². The van der Waals surface area contributed by atoms with Crippen LogP contribution in [0.5, 0.6) is 0 Å². The molecule has 1 aliphatic heterocycles. The van der Waals surface area contributed by atoms with Gasteiger partial charge in [0.2, 0.25) is 5.95 Å². The van der Waals surface area contributed by atoms with E-state index in [1.54, 1.807) is 16.0 Å². The molecule has 2 N–H and O–H groups in total. The molecule has 1 unspecified atom stereocenters. The Bertz CT molecular complexity index is 1240. The number of carbonyl (C=O) groups excluding carboxylic acids is 1. The molecular formula is C23H24N6O2S. The lowest BCUT2D eigenvalue weighted by Gasteiger charge is -2.31. The molecule has 1 atom stereocenters. The average Bonchev–Trinajstić information content (AvgIpc) is 3.48. The first-order chi connectivity index (χ1) is 15.7.